The van der Waals surface area contributed by atoms with Gasteiger partial charge in [0.15, 0.2) is 4.77 Å². The van der Waals surface area contributed by atoms with Crippen molar-refractivity contribution in [3.05, 3.63) is 52.3 Å². The molecule has 1 aromatic heterocycles. The first-order valence-electron chi connectivity index (χ1n) is 5.11. The number of benzene rings is 1. The molecule has 1 N–H and O–H groups in total. The Balaban J connectivity index is 2.38. The zero-order valence-corrected chi connectivity index (χ0v) is 10.0. The molecule has 0 bridgehead atoms. The lowest BCUT2D eigenvalue weighted by Gasteiger charge is -2.13. The highest BCUT2D eigenvalue weighted by atomic mass is 32.1. The van der Waals surface area contributed by atoms with Gasteiger partial charge in [0.05, 0.1) is 6.04 Å². The van der Waals surface area contributed by atoms with E-state index in [1.807, 2.05) is 24.6 Å². The smallest absolute Gasteiger partial charge is 0.177 e. The molecule has 1 heterocycles. The van der Waals surface area contributed by atoms with Crippen LogP contribution in [-0.4, -0.2) is 9.55 Å². The fourth-order valence-corrected chi connectivity index (χ4v) is 2.09. The van der Waals surface area contributed by atoms with Crippen molar-refractivity contribution >= 4 is 12.2 Å². The van der Waals surface area contributed by atoms with E-state index in [0.29, 0.717) is 4.77 Å². The molecule has 0 aliphatic rings. The molecule has 2 rings (SSSR count). The Bertz CT molecular complexity index is 539. The number of nitrogens with one attached hydrogen (secondary N) is 1. The van der Waals surface area contributed by atoms with E-state index in [2.05, 4.69) is 4.98 Å². The summed E-state index contributed by atoms with van der Waals surface area (Å²) in [5.41, 5.74) is 2.07. The summed E-state index contributed by atoms with van der Waals surface area (Å²) < 4.78 is 15.5. The maximum atomic E-state index is 12.8. The second-order valence-electron chi connectivity index (χ2n) is 3.88. The van der Waals surface area contributed by atoms with Crippen LogP contribution in [0.5, 0.6) is 0 Å². The Kier molecular flexibility index (Phi) is 2.92. The lowest BCUT2D eigenvalue weighted by atomic mass is 10.1. The number of H-pyrrole nitrogens is 1. The molecule has 0 amide bonds. The van der Waals surface area contributed by atoms with Gasteiger partial charge in [-0.25, -0.2) is 4.39 Å². The van der Waals surface area contributed by atoms with E-state index in [1.54, 1.807) is 12.1 Å². The van der Waals surface area contributed by atoms with Gasteiger partial charge in [0, 0.05) is 11.9 Å². The second-order valence-corrected chi connectivity index (χ2v) is 4.26. The molecule has 0 radical (unpaired) electrons. The van der Waals surface area contributed by atoms with Gasteiger partial charge < -0.3 is 9.55 Å². The molecule has 1 aromatic carbocycles. The van der Waals surface area contributed by atoms with Crippen LogP contribution in [0, 0.1) is 17.5 Å². The molecule has 0 saturated heterocycles. The molecule has 0 spiro atoms. The SMILES string of the molecule is Cc1cn(C(C)c2ccc(F)cc2)c(=S)[nH]1. The Labute approximate surface area is 98.7 Å². The average molecular weight is 236 g/mol. The topological polar surface area (TPSA) is 20.7 Å². The summed E-state index contributed by atoms with van der Waals surface area (Å²) in [6.45, 7) is 4.00. The predicted molar refractivity (Wildman–Crippen MR) is 64.6 cm³/mol. The average Bonchev–Trinajstić information content (AvgIpc) is 2.58. The predicted octanol–water partition coefficient (Wildman–Crippen LogP) is 3.60. The summed E-state index contributed by atoms with van der Waals surface area (Å²) in [5, 5.41) is 0. The van der Waals surface area contributed by atoms with Crippen molar-refractivity contribution in [2.24, 2.45) is 0 Å². The molecular weight excluding hydrogens is 223 g/mol. The van der Waals surface area contributed by atoms with Gasteiger partial charge in [0.25, 0.3) is 0 Å². The standard InChI is InChI=1S/C12H13FN2S/c1-8-7-15(12(16)14-8)9(2)10-3-5-11(13)6-4-10/h3-7,9H,1-2H3,(H,14,16). The first-order valence-corrected chi connectivity index (χ1v) is 5.52. The molecule has 2 nitrogen and oxygen atoms in total. The molecule has 1 atom stereocenters. The summed E-state index contributed by atoms with van der Waals surface area (Å²) in [5.74, 6) is -0.218. The van der Waals surface area contributed by atoms with Crippen LogP contribution in [-0.2, 0) is 0 Å². The third-order valence-corrected chi connectivity index (χ3v) is 2.95. The lowest BCUT2D eigenvalue weighted by molar-refractivity contribution is 0.612. The summed E-state index contributed by atoms with van der Waals surface area (Å²) in [6.07, 6.45) is 1.97. The van der Waals surface area contributed by atoms with Crippen molar-refractivity contribution in [2.45, 2.75) is 19.9 Å². The van der Waals surface area contributed by atoms with Gasteiger partial charge in [0.1, 0.15) is 5.82 Å². The van der Waals surface area contributed by atoms with Crippen molar-refractivity contribution in [3.63, 3.8) is 0 Å². The van der Waals surface area contributed by atoms with E-state index in [4.69, 9.17) is 12.2 Å². The van der Waals surface area contributed by atoms with E-state index in [-0.39, 0.29) is 11.9 Å². The van der Waals surface area contributed by atoms with Crippen molar-refractivity contribution in [1.82, 2.24) is 9.55 Å². The molecular formula is C12H13FN2S. The van der Waals surface area contributed by atoms with Crippen LogP contribution in [0.15, 0.2) is 30.5 Å². The van der Waals surface area contributed by atoms with Crippen molar-refractivity contribution in [2.75, 3.05) is 0 Å². The molecule has 1 unspecified atom stereocenters. The summed E-state index contributed by atoms with van der Waals surface area (Å²) in [6, 6.07) is 6.61. The van der Waals surface area contributed by atoms with Crippen LogP contribution in [0.1, 0.15) is 24.2 Å². The van der Waals surface area contributed by atoms with Crippen LogP contribution in [0.4, 0.5) is 4.39 Å². The van der Waals surface area contributed by atoms with Gasteiger partial charge >= 0.3 is 0 Å². The van der Waals surface area contributed by atoms with Crippen LogP contribution < -0.4 is 0 Å². The Morgan fingerprint density at radius 2 is 1.94 bits per heavy atom. The maximum absolute atomic E-state index is 12.8. The minimum absolute atomic E-state index is 0.109. The molecule has 16 heavy (non-hydrogen) atoms. The highest BCUT2D eigenvalue weighted by Gasteiger charge is 2.09. The maximum Gasteiger partial charge on any atom is 0.177 e. The number of aromatic nitrogens is 2. The van der Waals surface area contributed by atoms with Crippen LogP contribution in [0.25, 0.3) is 0 Å². The van der Waals surface area contributed by atoms with Gasteiger partial charge in [-0.1, -0.05) is 12.1 Å². The zero-order valence-electron chi connectivity index (χ0n) is 9.20. The molecule has 0 saturated carbocycles. The van der Waals surface area contributed by atoms with Gasteiger partial charge in [-0.3, -0.25) is 0 Å². The normalized spacial score (nSPS) is 12.7. The molecule has 2 aromatic rings. The quantitative estimate of drug-likeness (QED) is 0.790. The summed E-state index contributed by atoms with van der Waals surface area (Å²) in [7, 11) is 0. The van der Waals surface area contributed by atoms with Crippen LogP contribution in [0.2, 0.25) is 0 Å². The largest absolute Gasteiger partial charge is 0.335 e. The number of rotatable bonds is 2. The van der Waals surface area contributed by atoms with Crippen LogP contribution >= 0.6 is 12.2 Å². The Morgan fingerprint density at radius 1 is 1.31 bits per heavy atom. The molecule has 4 heteroatoms. The number of halogens is 1. The number of hydrogen-bond donors (Lipinski definition) is 1. The number of aryl methyl sites for hydroxylation is 1. The van der Waals surface area contributed by atoms with Gasteiger partial charge in [-0.15, -0.1) is 0 Å². The van der Waals surface area contributed by atoms with E-state index in [0.717, 1.165) is 11.3 Å². The first kappa shape index (κ1) is 11.1. The van der Waals surface area contributed by atoms with E-state index in [1.165, 1.54) is 12.1 Å². The fraction of sp³-hybridized carbons (Fsp3) is 0.250. The monoisotopic (exact) mass is 236 g/mol. The minimum atomic E-state index is -0.218. The highest BCUT2D eigenvalue weighted by Crippen LogP contribution is 2.19. The highest BCUT2D eigenvalue weighted by molar-refractivity contribution is 7.71. The van der Waals surface area contributed by atoms with Gasteiger partial charge in [0.2, 0.25) is 0 Å². The molecule has 84 valence electrons. The van der Waals surface area contributed by atoms with Crippen LogP contribution in [0.3, 0.4) is 0 Å². The second kappa shape index (κ2) is 4.22. The Hall–Kier alpha value is -1.42. The van der Waals surface area contributed by atoms with Crippen molar-refractivity contribution < 1.29 is 4.39 Å². The number of nitrogens with zero attached hydrogens (tertiary/aromatic N) is 1. The molecule has 0 aliphatic carbocycles. The first-order chi connectivity index (χ1) is 7.58. The fourth-order valence-electron chi connectivity index (χ4n) is 1.72. The summed E-state index contributed by atoms with van der Waals surface area (Å²) >= 11 is 5.21. The third-order valence-electron chi connectivity index (χ3n) is 2.64. The Morgan fingerprint density at radius 3 is 2.44 bits per heavy atom. The number of hydrogen-bond acceptors (Lipinski definition) is 1. The molecule has 0 fully saturated rings. The number of aromatic amines is 1. The molecule has 0 aliphatic heterocycles. The zero-order chi connectivity index (χ0) is 11.7. The van der Waals surface area contributed by atoms with E-state index >= 15 is 0 Å². The summed E-state index contributed by atoms with van der Waals surface area (Å²) in [4.78, 5) is 3.07. The number of imidazole rings is 1. The van der Waals surface area contributed by atoms with E-state index < -0.39 is 0 Å². The third kappa shape index (κ3) is 2.07. The van der Waals surface area contributed by atoms with Gasteiger partial charge in [-0.05, 0) is 43.8 Å². The van der Waals surface area contributed by atoms with Gasteiger partial charge in [-0.2, -0.15) is 0 Å². The lowest BCUT2D eigenvalue weighted by Crippen LogP contribution is -2.05. The van der Waals surface area contributed by atoms with Crippen molar-refractivity contribution in [3.8, 4) is 0 Å². The van der Waals surface area contributed by atoms with Crippen molar-refractivity contribution in [1.29, 1.82) is 0 Å². The van der Waals surface area contributed by atoms with E-state index in [9.17, 15) is 4.39 Å². The minimum Gasteiger partial charge on any atom is -0.335 e.